The molecule has 0 atom stereocenters. The molecule has 3 rings (SSSR count). The van der Waals surface area contributed by atoms with Gasteiger partial charge in [0.1, 0.15) is 10.2 Å². The van der Waals surface area contributed by atoms with Crippen molar-refractivity contribution < 1.29 is 19.1 Å². The molecule has 0 spiro atoms. The molecule has 170 valence electrons. The van der Waals surface area contributed by atoms with Gasteiger partial charge in [0.05, 0.1) is 6.61 Å². The van der Waals surface area contributed by atoms with Crippen LogP contribution in [0.4, 0.5) is 10.6 Å². The third kappa shape index (κ3) is 6.32. The van der Waals surface area contributed by atoms with Gasteiger partial charge in [0.25, 0.3) is 0 Å². The summed E-state index contributed by atoms with van der Waals surface area (Å²) < 4.78 is 12.9. The quantitative estimate of drug-likeness (QED) is 0.601. The van der Waals surface area contributed by atoms with Crippen LogP contribution in [0.25, 0.3) is 5.65 Å². The summed E-state index contributed by atoms with van der Waals surface area (Å²) in [6.07, 6.45) is 5.99. The standard InChI is InChI=1S/C21H30BrN5O4/c1-5-30-19(28)15-12-27-13-16(22)25-17(18(27)24-15)23-9-6-14-7-10-26(11-8-14)20(29)31-21(2,3)4/h12-14H,5-11H2,1-4H3,(H,23,25). The molecule has 0 bridgehead atoms. The average Bonchev–Trinajstić information content (AvgIpc) is 3.11. The topological polar surface area (TPSA) is 98.1 Å². The van der Waals surface area contributed by atoms with Crippen molar-refractivity contribution in [2.75, 3.05) is 31.6 Å². The number of amides is 1. The van der Waals surface area contributed by atoms with Gasteiger partial charge in [0.2, 0.25) is 0 Å². The monoisotopic (exact) mass is 495 g/mol. The Morgan fingerprint density at radius 2 is 1.94 bits per heavy atom. The van der Waals surface area contributed by atoms with E-state index in [4.69, 9.17) is 9.47 Å². The number of halogens is 1. The van der Waals surface area contributed by atoms with E-state index in [0.29, 0.717) is 41.7 Å². The minimum atomic E-state index is -0.472. The van der Waals surface area contributed by atoms with Gasteiger partial charge >= 0.3 is 12.1 Å². The second kappa shape index (κ2) is 9.84. The molecule has 1 aliphatic rings. The van der Waals surface area contributed by atoms with Gasteiger partial charge < -0.3 is 24.1 Å². The van der Waals surface area contributed by atoms with Gasteiger partial charge in [-0.2, -0.15) is 0 Å². The van der Waals surface area contributed by atoms with E-state index < -0.39 is 11.6 Å². The molecule has 2 aromatic heterocycles. The Balaban J connectivity index is 1.54. The van der Waals surface area contributed by atoms with Crippen LogP contribution in [0.3, 0.4) is 0 Å². The van der Waals surface area contributed by atoms with Crippen LogP contribution in [0, 0.1) is 5.92 Å². The van der Waals surface area contributed by atoms with Crippen molar-refractivity contribution in [3.8, 4) is 0 Å². The predicted molar refractivity (Wildman–Crippen MR) is 120 cm³/mol. The number of hydrogen-bond donors (Lipinski definition) is 1. The molecule has 0 aliphatic carbocycles. The number of piperidine rings is 1. The zero-order valence-electron chi connectivity index (χ0n) is 18.5. The van der Waals surface area contributed by atoms with E-state index in [0.717, 1.165) is 25.8 Å². The number of carbonyl (C=O) groups is 2. The summed E-state index contributed by atoms with van der Waals surface area (Å²) in [5.41, 5.74) is 0.352. The maximum atomic E-state index is 12.2. The van der Waals surface area contributed by atoms with E-state index in [9.17, 15) is 9.59 Å². The fraction of sp³-hybridized carbons (Fsp3) is 0.619. The number of carbonyl (C=O) groups excluding carboxylic acids is 2. The van der Waals surface area contributed by atoms with Gasteiger partial charge in [-0.3, -0.25) is 0 Å². The van der Waals surface area contributed by atoms with E-state index in [1.165, 1.54) is 0 Å². The van der Waals surface area contributed by atoms with Crippen LogP contribution in [0.5, 0.6) is 0 Å². The van der Waals surface area contributed by atoms with E-state index in [1.807, 2.05) is 20.8 Å². The van der Waals surface area contributed by atoms with Crippen LogP contribution in [0.2, 0.25) is 0 Å². The van der Waals surface area contributed by atoms with Crippen LogP contribution >= 0.6 is 15.9 Å². The Labute approximate surface area is 190 Å². The van der Waals surface area contributed by atoms with Gasteiger partial charge in [-0.15, -0.1) is 0 Å². The summed E-state index contributed by atoms with van der Waals surface area (Å²) >= 11 is 3.40. The highest BCUT2D eigenvalue weighted by molar-refractivity contribution is 9.10. The van der Waals surface area contributed by atoms with Gasteiger partial charge in [-0.05, 0) is 68.8 Å². The van der Waals surface area contributed by atoms with Crippen molar-refractivity contribution >= 4 is 39.5 Å². The second-order valence-corrected chi connectivity index (χ2v) is 9.43. The van der Waals surface area contributed by atoms with E-state index in [-0.39, 0.29) is 11.8 Å². The number of ether oxygens (including phenoxy) is 2. The molecule has 9 nitrogen and oxygen atoms in total. The molecule has 0 saturated carbocycles. The molecule has 2 aromatic rings. The minimum Gasteiger partial charge on any atom is -0.461 e. The Hall–Kier alpha value is -2.36. The molecule has 1 fully saturated rings. The highest BCUT2D eigenvalue weighted by Crippen LogP contribution is 2.23. The predicted octanol–water partition coefficient (Wildman–Crippen LogP) is 4.12. The molecular weight excluding hydrogens is 466 g/mol. The zero-order chi connectivity index (χ0) is 22.6. The number of nitrogens with zero attached hydrogens (tertiary/aromatic N) is 4. The number of hydrogen-bond acceptors (Lipinski definition) is 7. The number of aromatic nitrogens is 3. The fourth-order valence-electron chi connectivity index (χ4n) is 3.52. The lowest BCUT2D eigenvalue weighted by Gasteiger charge is -2.33. The van der Waals surface area contributed by atoms with E-state index in [2.05, 4.69) is 31.2 Å². The minimum absolute atomic E-state index is 0.235. The number of likely N-dealkylation sites (tertiary alicyclic amines) is 1. The molecule has 0 unspecified atom stereocenters. The molecule has 1 N–H and O–H groups in total. The number of rotatable bonds is 6. The average molecular weight is 496 g/mol. The van der Waals surface area contributed by atoms with Crippen LogP contribution in [0.15, 0.2) is 17.0 Å². The number of esters is 1. The largest absolute Gasteiger partial charge is 0.461 e. The van der Waals surface area contributed by atoms with Crippen LogP contribution in [-0.2, 0) is 9.47 Å². The molecule has 0 radical (unpaired) electrons. The second-order valence-electron chi connectivity index (χ2n) is 8.62. The van der Waals surface area contributed by atoms with Gasteiger partial charge in [-0.1, -0.05) is 0 Å². The first kappa shape index (κ1) is 23.3. The lowest BCUT2D eigenvalue weighted by molar-refractivity contribution is 0.0182. The van der Waals surface area contributed by atoms with Gasteiger partial charge in [0, 0.05) is 32.0 Å². The molecule has 1 aliphatic heterocycles. The van der Waals surface area contributed by atoms with Crippen molar-refractivity contribution in [1.29, 1.82) is 0 Å². The molecule has 1 saturated heterocycles. The van der Waals surface area contributed by atoms with Crippen molar-refractivity contribution in [1.82, 2.24) is 19.3 Å². The maximum Gasteiger partial charge on any atom is 0.410 e. The zero-order valence-corrected chi connectivity index (χ0v) is 20.1. The summed E-state index contributed by atoms with van der Waals surface area (Å²) in [6, 6.07) is 0. The SMILES string of the molecule is CCOC(=O)c1cn2cc(Br)nc(NCCC3CCN(C(=O)OC(C)(C)C)CC3)c2n1. The van der Waals surface area contributed by atoms with Crippen molar-refractivity contribution in [2.24, 2.45) is 5.92 Å². The first-order chi connectivity index (χ1) is 14.7. The van der Waals surface area contributed by atoms with E-state index in [1.54, 1.807) is 28.6 Å². The Morgan fingerprint density at radius 3 is 2.58 bits per heavy atom. The lowest BCUT2D eigenvalue weighted by Crippen LogP contribution is -2.41. The normalized spacial score (nSPS) is 15.2. The third-order valence-corrected chi connectivity index (χ3v) is 5.39. The Morgan fingerprint density at radius 1 is 1.23 bits per heavy atom. The summed E-state index contributed by atoms with van der Waals surface area (Å²) in [5.74, 6) is 0.672. The van der Waals surface area contributed by atoms with E-state index >= 15 is 0 Å². The number of imidazole rings is 1. The first-order valence-corrected chi connectivity index (χ1v) is 11.4. The van der Waals surface area contributed by atoms with Gasteiger partial charge in [-0.25, -0.2) is 19.6 Å². The molecule has 0 aromatic carbocycles. The smallest absolute Gasteiger partial charge is 0.410 e. The van der Waals surface area contributed by atoms with Crippen molar-refractivity contribution in [2.45, 2.75) is 52.6 Å². The highest BCUT2D eigenvalue weighted by Gasteiger charge is 2.26. The first-order valence-electron chi connectivity index (χ1n) is 10.6. The number of nitrogens with one attached hydrogen (secondary N) is 1. The van der Waals surface area contributed by atoms with Gasteiger partial charge in [0.15, 0.2) is 17.2 Å². The van der Waals surface area contributed by atoms with Crippen molar-refractivity contribution in [3.05, 3.63) is 22.7 Å². The van der Waals surface area contributed by atoms with Crippen LogP contribution in [0.1, 0.15) is 57.4 Å². The molecule has 10 heteroatoms. The highest BCUT2D eigenvalue weighted by atomic mass is 79.9. The Kier molecular flexibility index (Phi) is 7.40. The summed E-state index contributed by atoms with van der Waals surface area (Å²) in [6.45, 7) is 9.84. The lowest BCUT2D eigenvalue weighted by atomic mass is 9.94. The van der Waals surface area contributed by atoms with Crippen LogP contribution in [-0.4, -0.2) is 63.2 Å². The molecular formula is C21H30BrN5O4. The third-order valence-electron chi connectivity index (χ3n) is 5.00. The summed E-state index contributed by atoms with van der Waals surface area (Å²) in [5, 5.41) is 3.34. The fourth-order valence-corrected chi connectivity index (χ4v) is 3.91. The molecule has 3 heterocycles. The molecule has 1 amide bonds. The van der Waals surface area contributed by atoms with Crippen molar-refractivity contribution in [3.63, 3.8) is 0 Å². The number of fused-ring (bicyclic) bond motifs is 1. The summed E-state index contributed by atoms with van der Waals surface area (Å²) in [4.78, 5) is 34.8. The number of anilines is 1. The Bertz CT molecular complexity index is 932. The summed E-state index contributed by atoms with van der Waals surface area (Å²) in [7, 11) is 0. The maximum absolute atomic E-state index is 12.2. The van der Waals surface area contributed by atoms with Crippen LogP contribution < -0.4 is 5.32 Å². The molecule has 31 heavy (non-hydrogen) atoms.